The van der Waals surface area contributed by atoms with Gasteiger partial charge in [0.1, 0.15) is 5.69 Å². The van der Waals surface area contributed by atoms with Gasteiger partial charge in [-0.2, -0.15) is 11.8 Å². The molecule has 0 aliphatic carbocycles. The normalized spacial score (nSPS) is 21.6. The van der Waals surface area contributed by atoms with E-state index in [0.29, 0.717) is 56.9 Å². The van der Waals surface area contributed by atoms with E-state index in [-0.39, 0.29) is 29.9 Å². The summed E-state index contributed by atoms with van der Waals surface area (Å²) in [6.45, 7) is 2.63. The van der Waals surface area contributed by atoms with Gasteiger partial charge < -0.3 is 35.7 Å². The first-order valence-corrected chi connectivity index (χ1v) is 12.2. The lowest BCUT2D eigenvalue weighted by Crippen LogP contribution is -2.36. The summed E-state index contributed by atoms with van der Waals surface area (Å²) in [7, 11) is 0. The highest BCUT2D eigenvalue weighted by atomic mass is 32.2. The van der Waals surface area contributed by atoms with Gasteiger partial charge in [-0.1, -0.05) is 6.42 Å². The molecule has 2 aliphatic heterocycles. The minimum absolute atomic E-state index is 0.0375. The van der Waals surface area contributed by atoms with Crippen LogP contribution in [0.15, 0.2) is 18.3 Å². The van der Waals surface area contributed by atoms with Crippen molar-refractivity contribution in [3.63, 3.8) is 0 Å². The van der Waals surface area contributed by atoms with Crippen LogP contribution in [0.2, 0.25) is 0 Å². The lowest BCUT2D eigenvalue weighted by atomic mass is 10.0. The van der Waals surface area contributed by atoms with E-state index in [1.165, 1.54) is 0 Å². The summed E-state index contributed by atoms with van der Waals surface area (Å²) in [5.41, 5.74) is 0.526. The number of hydrogen-bond acceptors (Lipinski definition) is 6. The van der Waals surface area contributed by atoms with Crippen molar-refractivity contribution in [3.05, 3.63) is 24.0 Å². The highest BCUT2D eigenvalue weighted by molar-refractivity contribution is 8.00. The second kappa shape index (κ2) is 13.3. The minimum Gasteiger partial charge on any atom is -0.377 e. The van der Waals surface area contributed by atoms with Gasteiger partial charge in [0.2, 0.25) is 5.91 Å². The highest BCUT2D eigenvalue weighted by Gasteiger charge is 2.42. The number of fused-ring (bicyclic) bond motifs is 1. The predicted molar refractivity (Wildman–Crippen MR) is 122 cm³/mol. The standard InChI is InChI=1S/C21H33N5O5S/c27-18(6-2-1-5-17-19-16(14-32-17)25-21(29)26-19)23-8-10-30-12-13-31-11-9-24-20(28)15-4-3-7-22-15/h3-4,7,16-17,19,22H,1-2,5-6,8-14H2,(H,23,27)(H,24,28)(H2,25,26,29)/t16-,17-,19-/m0/s1. The van der Waals surface area contributed by atoms with Crippen LogP contribution in [-0.4, -0.2) is 85.4 Å². The zero-order valence-electron chi connectivity index (χ0n) is 18.2. The maximum atomic E-state index is 11.9. The number of rotatable bonds is 15. The second-order valence-corrected chi connectivity index (χ2v) is 9.05. The number of H-pyrrole nitrogens is 1. The van der Waals surface area contributed by atoms with Crippen LogP contribution in [0.25, 0.3) is 0 Å². The summed E-state index contributed by atoms with van der Waals surface area (Å²) < 4.78 is 10.8. The molecular weight excluding hydrogens is 434 g/mol. The van der Waals surface area contributed by atoms with E-state index in [1.54, 1.807) is 18.3 Å². The first-order valence-electron chi connectivity index (χ1n) is 11.2. The Kier molecular flexibility index (Phi) is 10.2. The molecule has 32 heavy (non-hydrogen) atoms. The zero-order valence-corrected chi connectivity index (χ0v) is 19.0. The number of amides is 4. The topological polar surface area (TPSA) is 134 Å². The lowest BCUT2D eigenvalue weighted by Gasteiger charge is -2.16. The monoisotopic (exact) mass is 467 g/mol. The molecule has 4 amide bonds. The van der Waals surface area contributed by atoms with Crippen molar-refractivity contribution in [2.24, 2.45) is 0 Å². The molecule has 0 saturated carbocycles. The summed E-state index contributed by atoms with van der Waals surface area (Å²) in [4.78, 5) is 37.8. The van der Waals surface area contributed by atoms with Gasteiger partial charge in [0, 0.05) is 36.7 Å². The molecule has 0 unspecified atom stereocenters. The van der Waals surface area contributed by atoms with Gasteiger partial charge in [-0.3, -0.25) is 9.59 Å². The van der Waals surface area contributed by atoms with Gasteiger partial charge in [-0.05, 0) is 25.0 Å². The SMILES string of the molecule is O=C(CCCC[C@@H]1SC[C@@H]2NC(=O)N[C@@H]21)NCCOCCOCCNC(=O)c1ccc[nH]1. The van der Waals surface area contributed by atoms with E-state index in [2.05, 4.69) is 26.3 Å². The Bertz CT molecular complexity index is 732. The van der Waals surface area contributed by atoms with Crippen LogP contribution < -0.4 is 21.3 Å². The summed E-state index contributed by atoms with van der Waals surface area (Å²) in [5.74, 6) is 0.844. The predicted octanol–water partition coefficient (Wildman–Crippen LogP) is 0.620. The van der Waals surface area contributed by atoms with E-state index in [1.807, 2.05) is 11.8 Å². The Morgan fingerprint density at radius 1 is 1.06 bits per heavy atom. The van der Waals surface area contributed by atoms with Crippen LogP contribution in [0.4, 0.5) is 4.79 Å². The number of unbranched alkanes of at least 4 members (excludes halogenated alkanes) is 1. The Morgan fingerprint density at radius 2 is 1.84 bits per heavy atom. The van der Waals surface area contributed by atoms with Crippen molar-refractivity contribution in [3.8, 4) is 0 Å². The average molecular weight is 468 g/mol. The number of aromatic amines is 1. The number of aromatic nitrogens is 1. The van der Waals surface area contributed by atoms with Crippen molar-refractivity contribution in [2.75, 3.05) is 45.3 Å². The summed E-state index contributed by atoms with van der Waals surface area (Å²) in [6, 6.07) is 3.90. The average Bonchev–Trinajstić information content (AvgIpc) is 3.51. The molecule has 178 valence electrons. The Morgan fingerprint density at radius 3 is 2.59 bits per heavy atom. The molecule has 1 aromatic heterocycles. The number of thioether (sulfide) groups is 1. The molecule has 0 aromatic carbocycles. The Balaban J connectivity index is 1.07. The van der Waals surface area contributed by atoms with Gasteiger partial charge in [0.15, 0.2) is 0 Å². The van der Waals surface area contributed by atoms with Crippen molar-refractivity contribution in [2.45, 2.75) is 43.0 Å². The smallest absolute Gasteiger partial charge is 0.315 e. The molecular formula is C21H33N5O5S. The molecule has 1 aromatic rings. The number of hydrogen-bond donors (Lipinski definition) is 5. The van der Waals surface area contributed by atoms with E-state index >= 15 is 0 Å². The lowest BCUT2D eigenvalue weighted by molar-refractivity contribution is -0.121. The fourth-order valence-corrected chi connectivity index (χ4v) is 5.29. The largest absolute Gasteiger partial charge is 0.377 e. The van der Waals surface area contributed by atoms with E-state index in [9.17, 15) is 14.4 Å². The molecule has 10 nitrogen and oxygen atoms in total. The third kappa shape index (κ3) is 8.03. The molecule has 3 rings (SSSR count). The molecule has 0 spiro atoms. The van der Waals surface area contributed by atoms with E-state index < -0.39 is 0 Å². The van der Waals surface area contributed by atoms with Crippen molar-refractivity contribution in [1.29, 1.82) is 0 Å². The number of carbonyl (C=O) groups is 3. The quantitative estimate of drug-likeness (QED) is 0.190. The van der Waals surface area contributed by atoms with Crippen LogP contribution in [0.1, 0.15) is 36.2 Å². The van der Waals surface area contributed by atoms with Gasteiger partial charge >= 0.3 is 6.03 Å². The van der Waals surface area contributed by atoms with Crippen molar-refractivity contribution in [1.82, 2.24) is 26.3 Å². The summed E-state index contributed by atoms with van der Waals surface area (Å²) in [5, 5.41) is 12.0. The van der Waals surface area contributed by atoms with Crippen LogP contribution >= 0.6 is 11.8 Å². The summed E-state index contributed by atoms with van der Waals surface area (Å²) in [6.07, 6.45) is 5.04. The first kappa shape index (κ1) is 24.4. The van der Waals surface area contributed by atoms with Crippen molar-refractivity contribution < 1.29 is 23.9 Å². The maximum Gasteiger partial charge on any atom is 0.315 e. The number of nitrogens with one attached hydrogen (secondary N) is 5. The Labute approximate surface area is 192 Å². The van der Waals surface area contributed by atoms with Crippen molar-refractivity contribution >= 4 is 29.6 Å². The fourth-order valence-electron chi connectivity index (χ4n) is 3.75. The zero-order chi connectivity index (χ0) is 22.6. The number of ether oxygens (including phenoxy) is 2. The third-order valence-corrected chi connectivity index (χ3v) is 6.90. The molecule has 0 bridgehead atoms. The van der Waals surface area contributed by atoms with Gasteiger partial charge in [0.25, 0.3) is 5.91 Å². The highest BCUT2D eigenvalue weighted by Crippen LogP contribution is 2.33. The van der Waals surface area contributed by atoms with Gasteiger partial charge in [-0.25, -0.2) is 4.79 Å². The van der Waals surface area contributed by atoms with Gasteiger partial charge in [-0.15, -0.1) is 0 Å². The van der Waals surface area contributed by atoms with Crippen LogP contribution in [0.5, 0.6) is 0 Å². The number of carbonyl (C=O) groups excluding carboxylic acids is 3. The minimum atomic E-state index is -0.156. The third-order valence-electron chi connectivity index (χ3n) is 5.40. The molecule has 2 fully saturated rings. The Hall–Kier alpha value is -2.24. The van der Waals surface area contributed by atoms with E-state index in [4.69, 9.17) is 9.47 Å². The fraction of sp³-hybridized carbons (Fsp3) is 0.667. The van der Waals surface area contributed by atoms with Crippen LogP contribution in [0, 0.1) is 0 Å². The van der Waals surface area contributed by atoms with E-state index in [0.717, 1.165) is 25.0 Å². The molecule has 0 radical (unpaired) electrons. The molecule has 3 heterocycles. The molecule has 5 N–H and O–H groups in total. The maximum absolute atomic E-state index is 11.9. The molecule has 2 saturated heterocycles. The molecule has 2 aliphatic rings. The molecule has 11 heteroatoms. The molecule has 3 atom stereocenters. The van der Waals surface area contributed by atoms with Crippen LogP contribution in [-0.2, 0) is 14.3 Å². The van der Waals surface area contributed by atoms with Crippen LogP contribution in [0.3, 0.4) is 0 Å². The first-order chi connectivity index (χ1) is 15.6. The summed E-state index contributed by atoms with van der Waals surface area (Å²) >= 11 is 1.90. The van der Waals surface area contributed by atoms with Gasteiger partial charge in [0.05, 0.1) is 38.5 Å². The second-order valence-electron chi connectivity index (χ2n) is 7.78. The number of urea groups is 1.